The third kappa shape index (κ3) is 4.90. The van der Waals surface area contributed by atoms with Crippen LogP contribution in [0.15, 0.2) is 0 Å². The SMILES string of the molecule is CC1CC(C)CC(NC(=O)NC2CCC(C(=O)O)CC2)C1. The fourth-order valence-corrected chi connectivity index (χ4v) is 3.96. The summed E-state index contributed by atoms with van der Waals surface area (Å²) < 4.78 is 0. The molecular weight excluding hydrogens is 268 g/mol. The van der Waals surface area contributed by atoms with E-state index in [1.807, 2.05) is 0 Å². The Balaban J connectivity index is 1.71. The maximum absolute atomic E-state index is 12.1. The summed E-state index contributed by atoms with van der Waals surface area (Å²) in [6.45, 7) is 4.49. The van der Waals surface area contributed by atoms with Crippen molar-refractivity contribution in [3.8, 4) is 0 Å². The van der Waals surface area contributed by atoms with Gasteiger partial charge < -0.3 is 15.7 Å². The Morgan fingerprint density at radius 3 is 1.90 bits per heavy atom. The molecular formula is C16H28N2O3. The second-order valence-corrected chi connectivity index (χ2v) is 7.12. The van der Waals surface area contributed by atoms with Crippen LogP contribution in [0.2, 0.25) is 0 Å². The van der Waals surface area contributed by atoms with Crippen LogP contribution in [0.4, 0.5) is 4.79 Å². The van der Waals surface area contributed by atoms with Gasteiger partial charge in [0.15, 0.2) is 0 Å². The van der Waals surface area contributed by atoms with E-state index in [1.54, 1.807) is 0 Å². The molecule has 2 saturated carbocycles. The van der Waals surface area contributed by atoms with Crippen molar-refractivity contribution in [3.05, 3.63) is 0 Å². The average molecular weight is 296 g/mol. The zero-order valence-corrected chi connectivity index (χ0v) is 13.1. The number of aliphatic carboxylic acids is 1. The third-order valence-corrected chi connectivity index (χ3v) is 4.93. The van der Waals surface area contributed by atoms with Crippen LogP contribution in [0, 0.1) is 17.8 Å². The number of carboxylic acid groups (broad SMARTS) is 1. The number of hydrogen-bond acceptors (Lipinski definition) is 2. The molecule has 0 aromatic carbocycles. The van der Waals surface area contributed by atoms with Crippen LogP contribution in [0.5, 0.6) is 0 Å². The molecule has 0 saturated heterocycles. The quantitative estimate of drug-likeness (QED) is 0.749. The average Bonchev–Trinajstić information content (AvgIpc) is 2.37. The van der Waals surface area contributed by atoms with Gasteiger partial charge in [-0.2, -0.15) is 0 Å². The molecule has 0 aliphatic heterocycles. The Morgan fingerprint density at radius 2 is 1.38 bits per heavy atom. The molecule has 2 aliphatic rings. The molecule has 0 aromatic heterocycles. The van der Waals surface area contributed by atoms with Gasteiger partial charge in [-0.15, -0.1) is 0 Å². The lowest BCUT2D eigenvalue weighted by molar-refractivity contribution is -0.142. The second-order valence-electron chi connectivity index (χ2n) is 7.12. The number of hydrogen-bond donors (Lipinski definition) is 3. The van der Waals surface area contributed by atoms with Crippen molar-refractivity contribution in [3.63, 3.8) is 0 Å². The maximum atomic E-state index is 12.1. The van der Waals surface area contributed by atoms with E-state index in [2.05, 4.69) is 24.5 Å². The summed E-state index contributed by atoms with van der Waals surface area (Å²) >= 11 is 0. The van der Waals surface area contributed by atoms with Crippen LogP contribution in [-0.4, -0.2) is 29.2 Å². The van der Waals surface area contributed by atoms with E-state index < -0.39 is 5.97 Å². The number of carbonyl (C=O) groups is 2. The zero-order valence-electron chi connectivity index (χ0n) is 13.1. The molecule has 2 rings (SSSR count). The minimum absolute atomic E-state index is 0.0833. The number of urea groups is 1. The molecule has 2 fully saturated rings. The normalized spacial score (nSPS) is 36.8. The molecule has 0 heterocycles. The molecule has 0 radical (unpaired) electrons. The van der Waals surface area contributed by atoms with E-state index in [4.69, 9.17) is 5.11 Å². The third-order valence-electron chi connectivity index (χ3n) is 4.93. The van der Waals surface area contributed by atoms with Gasteiger partial charge in [0.05, 0.1) is 5.92 Å². The van der Waals surface area contributed by atoms with Gasteiger partial charge in [-0.3, -0.25) is 4.79 Å². The Hall–Kier alpha value is -1.26. The first-order chi connectivity index (χ1) is 9.94. The molecule has 0 aromatic rings. The molecule has 0 bridgehead atoms. The minimum atomic E-state index is -0.705. The lowest BCUT2D eigenvalue weighted by Crippen LogP contribution is -2.49. The zero-order chi connectivity index (χ0) is 15.4. The van der Waals surface area contributed by atoms with Gasteiger partial charge in [0.2, 0.25) is 0 Å². The summed E-state index contributed by atoms with van der Waals surface area (Å²) in [4.78, 5) is 23.0. The highest BCUT2D eigenvalue weighted by Gasteiger charge is 2.28. The van der Waals surface area contributed by atoms with E-state index >= 15 is 0 Å². The highest BCUT2D eigenvalue weighted by Crippen LogP contribution is 2.28. The van der Waals surface area contributed by atoms with Gasteiger partial charge >= 0.3 is 12.0 Å². The van der Waals surface area contributed by atoms with Gasteiger partial charge in [-0.05, 0) is 56.8 Å². The van der Waals surface area contributed by atoms with E-state index in [0.29, 0.717) is 24.7 Å². The topological polar surface area (TPSA) is 78.4 Å². The van der Waals surface area contributed by atoms with Crippen molar-refractivity contribution in [1.29, 1.82) is 0 Å². The van der Waals surface area contributed by atoms with Crippen molar-refractivity contribution in [2.75, 3.05) is 0 Å². The van der Waals surface area contributed by atoms with Crippen molar-refractivity contribution >= 4 is 12.0 Å². The summed E-state index contributed by atoms with van der Waals surface area (Å²) in [5.74, 6) is 0.407. The minimum Gasteiger partial charge on any atom is -0.481 e. The van der Waals surface area contributed by atoms with E-state index in [9.17, 15) is 9.59 Å². The molecule has 3 N–H and O–H groups in total. The van der Waals surface area contributed by atoms with Crippen molar-refractivity contribution in [1.82, 2.24) is 10.6 Å². The predicted octanol–water partition coefficient (Wildman–Crippen LogP) is 2.75. The van der Waals surface area contributed by atoms with Gasteiger partial charge in [-0.1, -0.05) is 13.8 Å². The highest BCUT2D eigenvalue weighted by molar-refractivity contribution is 5.74. The number of rotatable bonds is 3. The largest absolute Gasteiger partial charge is 0.481 e. The van der Waals surface area contributed by atoms with E-state index in [-0.39, 0.29) is 24.0 Å². The van der Waals surface area contributed by atoms with Gasteiger partial charge in [0, 0.05) is 12.1 Å². The van der Waals surface area contributed by atoms with E-state index in [1.165, 1.54) is 6.42 Å². The molecule has 2 amide bonds. The van der Waals surface area contributed by atoms with Crippen LogP contribution in [0.25, 0.3) is 0 Å². The summed E-state index contributed by atoms with van der Waals surface area (Å²) in [6.07, 6.45) is 6.23. The van der Waals surface area contributed by atoms with Crippen LogP contribution >= 0.6 is 0 Å². The first-order valence-corrected chi connectivity index (χ1v) is 8.24. The predicted molar refractivity (Wildman–Crippen MR) is 81.0 cm³/mol. The maximum Gasteiger partial charge on any atom is 0.315 e. The smallest absolute Gasteiger partial charge is 0.315 e. The molecule has 5 heteroatoms. The number of nitrogens with one attached hydrogen (secondary N) is 2. The number of amides is 2. The number of carboxylic acids is 1. The van der Waals surface area contributed by atoms with Crippen LogP contribution in [0.1, 0.15) is 58.8 Å². The fourth-order valence-electron chi connectivity index (χ4n) is 3.96. The molecule has 2 unspecified atom stereocenters. The Morgan fingerprint density at radius 1 is 0.857 bits per heavy atom. The van der Waals surface area contributed by atoms with E-state index in [0.717, 1.165) is 25.7 Å². The van der Waals surface area contributed by atoms with Crippen LogP contribution in [-0.2, 0) is 4.79 Å². The lowest BCUT2D eigenvalue weighted by atomic mass is 9.80. The lowest BCUT2D eigenvalue weighted by Gasteiger charge is -2.33. The van der Waals surface area contributed by atoms with Crippen molar-refractivity contribution < 1.29 is 14.7 Å². The fraction of sp³-hybridized carbons (Fsp3) is 0.875. The second kappa shape index (κ2) is 7.14. The summed E-state index contributed by atoms with van der Waals surface area (Å²) in [5.41, 5.74) is 0. The van der Waals surface area contributed by atoms with Crippen LogP contribution < -0.4 is 10.6 Å². The number of carbonyl (C=O) groups excluding carboxylic acids is 1. The Kier molecular flexibility index (Phi) is 5.48. The monoisotopic (exact) mass is 296 g/mol. The van der Waals surface area contributed by atoms with Crippen LogP contribution in [0.3, 0.4) is 0 Å². The Labute approximate surface area is 126 Å². The molecule has 2 atom stereocenters. The summed E-state index contributed by atoms with van der Waals surface area (Å²) in [5, 5.41) is 15.1. The molecule has 21 heavy (non-hydrogen) atoms. The van der Waals surface area contributed by atoms with Crippen molar-refractivity contribution in [2.45, 2.75) is 70.9 Å². The summed E-state index contributed by atoms with van der Waals surface area (Å²) in [7, 11) is 0. The Bertz CT molecular complexity index is 368. The molecule has 2 aliphatic carbocycles. The van der Waals surface area contributed by atoms with Crippen molar-refractivity contribution in [2.24, 2.45) is 17.8 Å². The highest BCUT2D eigenvalue weighted by atomic mass is 16.4. The van der Waals surface area contributed by atoms with Gasteiger partial charge in [0.25, 0.3) is 0 Å². The first-order valence-electron chi connectivity index (χ1n) is 8.24. The molecule has 0 spiro atoms. The molecule has 120 valence electrons. The van der Waals surface area contributed by atoms with Gasteiger partial charge in [-0.25, -0.2) is 4.79 Å². The molecule has 5 nitrogen and oxygen atoms in total. The standard InChI is InChI=1S/C16H28N2O3/c1-10-7-11(2)9-14(8-10)18-16(21)17-13-5-3-12(4-6-13)15(19)20/h10-14H,3-9H2,1-2H3,(H,19,20)(H2,17,18,21). The van der Waals surface area contributed by atoms with Gasteiger partial charge in [0.1, 0.15) is 0 Å². The first kappa shape index (κ1) is 16.1. The summed E-state index contributed by atoms with van der Waals surface area (Å²) in [6, 6.07) is 0.318.